The van der Waals surface area contributed by atoms with Crippen molar-refractivity contribution in [1.82, 2.24) is 15.0 Å². The van der Waals surface area contributed by atoms with Gasteiger partial charge in [-0.05, 0) is 0 Å². The highest BCUT2D eigenvalue weighted by Gasteiger charge is 1.93. The number of nitrogen functional groups attached to an aromatic ring is 1. The van der Waals surface area contributed by atoms with E-state index in [-0.39, 0.29) is 0 Å². The van der Waals surface area contributed by atoms with Gasteiger partial charge in [-0.15, -0.1) is 5.10 Å². The van der Waals surface area contributed by atoms with Crippen LogP contribution in [0.1, 0.15) is 6.42 Å². The summed E-state index contributed by atoms with van der Waals surface area (Å²) in [6, 6.07) is 0. The molecule has 0 atom stereocenters. The van der Waals surface area contributed by atoms with Gasteiger partial charge in [-0.25, -0.2) is 0 Å². The maximum absolute atomic E-state index is 9.88. The van der Waals surface area contributed by atoms with Crippen LogP contribution in [0.15, 0.2) is 6.20 Å². The smallest absolute Gasteiger partial charge is 0.165 e. The molecule has 10 heavy (non-hydrogen) atoms. The number of aldehydes is 1. The van der Waals surface area contributed by atoms with Crippen molar-refractivity contribution in [3.8, 4) is 0 Å². The molecule has 0 aliphatic rings. The SMILES string of the molecule is Nc1cnn(CCC=O)n1. The first kappa shape index (κ1) is 6.73. The average molecular weight is 140 g/mol. The Morgan fingerprint density at radius 1 is 1.80 bits per heavy atom. The van der Waals surface area contributed by atoms with Crippen LogP contribution in [0.5, 0.6) is 0 Å². The summed E-state index contributed by atoms with van der Waals surface area (Å²) in [6.07, 6.45) is 2.69. The zero-order valence-corrected chi connectivity index (χ0v) is 5.40. The Kier molecular flexibility index (Phi) is 1.99. The molecule has 5 nitrogen and oxygen atoms in total. The summed E-state index contributed by atoms with van der Waals surface area (Å²) < 4.78 is 0. The minimum atomic E-state index is 0.380. The molecule has 0 spiro atoms. The molecule has 2 N–H and O–H groups in total. The fourth-order valence-electron chi connectivity index (χ4n) is 0.587. The number of hydrogen-bond acceptors (Lipinski definition) is 4. The molecule has 54 valence electrons. The van der Waals surface area contributed by atoms with Gasteiger partial charge in [0.1, 0.15) is 6.29 Å². The van der Waals surface area contributed by atoms with Gasteiger partial charge in [-0.3, -0.25) is 0 Å². The van der Waals surface area contributed by atoms with Crippen molar-refractivity contribution in [2.75, 3.05) is 5.73 Å². The number of hydrogen-bond donors (Lipinski definition) is 1. The lowest BCUT2D eigenvalue weighted by Gasteiger charge is -1.90. The van der Waals surface area contributed by atoms with E-state index in [1.165, 1.54) is 11.0 Å². The number of nitrogens with two attached hydrogens (primary N) is 1. The number of carbonyl (C=O) groups excluding carboxylic acids is 1. The summed E-state index contributed by atoms with van der Waals surface area (Å²) in [7, 11) is 0. The maximum atomic E-state index is 9.88. The Hall–Kier alpha value is -1.39. The highest BCUT2D eigenvalue weighted by molar-refractivity contribution is 5.48. The fourth-order valence-corrected chi connectivity index (χ4v) is 0.587. The molecule has 0 fully saturated rings. The van der Waals surface area contributed by atoms with E-state index in [4.69, 9.17) is 5.73 Å². The zero-order chi connectivity index (χ0) is 7.40. The molecular formula is C5H8N4O. The van der Waals surface area contributed by atoms with E-state index in [1.807, 2.05) is 0 Å². The third kappa shape index (κ3) is 1.54. The Morgan fingerprint density at radius 3 is 3.10 bits per heavy atom. The predicted octanol–water partition coefficient (Wildman–Crippen LogP) is -0.551. The average Bonchev–Trinajstić information content (AvgIpc) is 2.31. The summed E-state index contributed by atoms with van der Waals surface area (Å²) in [5.41, 5.74) is 5.27. The largest absolute Gasteiger partial charge is 0.381 e. The molecule has 1 aromatic rings. The standard InChI is InChI=1S/C5H8N4O/c6-5-4-7-9(8-5)2-1-3-10/h3-4H,1-2H2,(H2,6,8). The summed E-state index contributed by atoms with van der Waals surface area (Å²) in [5.74, 6) is 0.380. The molecular weight excluding hydrogens is 132 g/mol. The molecule has 0 aliphatic carbocycles. The Morgan fingerprint density at radius 2 is 2.60 bits per heavy atom. The van der Waals surface area contributed by atoms with Gasteiger partial charge in [-0.1, -0.05) is 0 Å². The second kappa shape index (κ2) is 2.95. The van der Waals surface area contributed by atoms with Crippen LogP contribution >= 0.6 is 0 Å². The van der Waals surface area contributed by atoms with Crippen LogP contribution in [-0.2, 0) is 11.3 Å². The van der Waals surface area contributed by atoms with Gasteiger partial charge in [0, 0.05) is 6.42 Å². The van der Waals surface area contributed by atoms with Crippen molar-refractivity contribution in [2.24, 2.45) is 0 Å². The van der Waals surface area contributed by atoms with Crippen LogP contribution in [0.4, 0.5) is 5.82 Å². The lowest BCUT2D eigenvalue weighted by Crippen LogP contribution is -2.02. The quantitative estimate of drug-likeness (QED) is 0.571. The molecule has 0 bridgehead atoms. The fraction of sp³-hybridized carbons (Fsp3) is 0.400. The van der Waals surface area contributed by atoms with Crippen LogP contribution in [-0.4, -0.2) is 21.3 Å². The van der Waals surface area contributed by atoms with Gasteiger partial charge in [-0.2, -0.15) is 9.90 Å². The maximum Gasteiger partial charge on any atom is 0.165 e. The van der Waals surface area contributed by atoms with E-state index in [0.29, 0.717) is 18.8 Å². The number of rotatable bonds is 3. The number of aromatic nitrogens is 3. The molecule has 0 amide bonds. The van der Waals surface area contributed by atoms with Crippen LogP contribution < -0.4 is 5.73 Å². The molecule has 0 aliphatic heterocycles. The van der Waals surface area contributed by atoms with Crippen LogP contribution in [0, 0.1) is 0 Å². The van der Waals surface area contributed by atoms with Crippen molar-refractivity contribution < 1.29 is 4.79 Å². The molecule has 5 heteroatoms. The molecule has 1 rings (SSSR count). The minimum absolute atomic E-state index is 0.380. The molecule has 0 saturated carbocycles. The normalized spacial score (nSPS) is 9.60. The second-order valence-corrected chi connectivity index (χ2v) is 1.82. The van der Waals surface area contributed by atoms with E-state index >= 15 is 0 Å². The summed E-state index contributed by atoms with van der Waals surface area (Å²) in [6.45, 7) is 0.501. The predicted molar refractivity (Wildman–Crippen MR) is 35.1 cm³/mol. The van der Waals surface area contributed by atoms with E-state index in [0.717, 1.165) is 6.29 Å². The van der Waals surface area contributed by atoms with Crippen LogP contribution in [0.25, 0.3) is 0 Å². The summed E-state index contributed by atoms with van der Waals surface area (Å²) in [4.78, 5) is 11.3. The second-order valence-electron chi connectivity index (χ2n) is 1.82. The first-order chi connectivity index (χ1) is 4.83. The first-order valence-electron chi connectivity index (χ1n) is 2.92. The van der Waals surface area contributed by atoms with Gasteiger partial charge in [0.2, 0.25) is 0 Å². The molecule has 1 heterocycles. The van der Waals surface area contributed by atoms with Crippen molar-refractivity contribution in [3.05, 3.63) is 6.20 Å². The third-order valence-corrected chi connectivity index (χ3v) is 1.00. The Balaban J connectivity index is 2.49. The zero-order valence-electron chi connectivity index (χ0n) is 5.40. The van der Waals surface area contributed by atoms with Gasteiger partial charge < -0.3 is 10.5 Å². The number of nitrogens with zero attached hydrogens (tertiary/aromatic N) is 3. The van der Waals surface area contributed by atoms with Gasteiger partial charge in [0.05, 0.1) is 12.7 Å². The summed E-state index contributed by atoms with van der Waals surface area (Å²) in [5, 5.41) is 7.55. The highest BCUT2D eigenvalue weighted by Crippen LogP contribution is 1.90. The highest BCUT2D eigenvalue weighted by atomic mass is 16.1. The van der Waals surface area contributed by atoms with Gasteiger partial charge in [0.15, 0.2) is 5.82 Å². The molecule has 0 saturated heterocycles. The van der Waals surface area contributed by atoms with Crippen molar-refractivity contribution in [2.45, 2.75) is 13.0 Å². The van der Waals surface area contributed by atoms with E-state index in [1.54, 1.807) is 0 Å². The van der Waals surface area contributed by atoms with E-state index in [2.05, 4.69) is 10.2 Å². The third-order valence-electron chi connectivity index (χ3n) is 1.00. The number of carbonyl (C=O) groups is 1. The van der Waals surface area contributed by atoms with Crippen LogP contribution in [0.2, 0.25) is 0 Å². The number of anilines is 1. The minimum Gasteiger partial charge on any atom is -0.381 e. The first-order valence-corrected chi connectivity index (χ1v) is 2.92. The van der Waals surface area contributed by atoms with Gasteiger partial charge >= 0.3 is 0 Å². The van der Waals surface area contributed by atoms with Crippen LogP contribution in [0.3, 0.4) is 0 Å². The molecule has 0 aromatic carbocycles. The molecule has 0 unspecified atom stereocenters. The van der Waals surface area contributed by atoms with Crippen molar-refractivity contribution in [1.29, 1.82) is 0 Å². The van der Waals surface area contributed by atoms with E-state index < -0.39 is 0 Å². The molecule has 0 radical (unpaired) electrons. The molecule has 1 aromatic heterocycles. The monoisotopic (exact) mass is 140 g/mol. The van der Waals surface area contributed by atoms with Crippen molar-refractivity contribution >= 4 is 12.1 Å². The summed E-state index contributed by atoms with van der Waals surface area (Å²) >= 11 is 0. The Labute approximate surface area is 57.8 Å². The topological polar surface area (TPSA) is 73.8 Å². The lowest BCUT2D eigenvalue weighted by molar-refractivity contribution is -0.108. The van der Waals surface area contributed by atoms with E-state index in [9.17, 15) is 4.79 Å². The lowest BCUT2D eigenvalue weighted by atomic mass is 10.5. The van der Waals surface area contributed by atoms with Gasteiger partial charge in [0.25, 0.3) is 0 Å². The Bertz CT molecular complexity index is 219. The van der Waals surface area contributed by atoms with Crippen molar-refractivity contribution in [3.63, 3.8) is 0 Å². The number of aryl methyl sites for hydroxylation is 1.